The van der Waals surface area contributed by atoms with Crippen molar-refractivity contribution in [3.05, 3.63) is 54.5 Å². The van der Waals surface area contributed by atoms with Crippen LogP contribution in [-0.2, 0) is 11.3 Å². The first-order valence-corrected chi connectivity index (χ1v) is 6.83. The summed E-state index contributed by atoms with van der Waals surface area (Å²) >= 11 is 0. The number of aromatic nitrogens is 5. The maximum Gasteiger partial charge on any atom is 0.271 e. The highest BCUT2D eigenvalue weighted by Crippen LogP contribution is 2.02. The average molecular weight is 311 g/mol. The van der Waals surface area contributed by atoms with Gasteiger partial charge < -0.3 is 10.6 Å². The highest BCUT2D eigenvalue weighted by Gasteiger charge is 2.10. The van der Waals surface area contributed by atoms with E-state index in [-0.39, 0.29) is 24.7 Å². The van der Waals surface area contributed by atoms with Crippen LogP contribution in [0.15, 0.2) is 43.0 Å². The Balaban J connectivity index is 1.51. The fraction of sp³-hybridized carbons (Fsp3) is 0.143. The van der Waals surface area contributed by atoms with Crippen LogP contribution in [-0.4, -0.2) is 42.9 Å². The first kappa shape index (κ1) is 14.6. The van der Waals surface area contributed by atoms with Crippen molar-refractivity contribution < 1.29 is 9.59 Å². The molecule has 3 heterocycles. The van der Waals surface area contributed by atoms with E-state index in [9.17, 15) is 9.59 Å². The van der Waals surface area contributed by atoms with E-state index in [0.717, 1.165) is 0 Å². The molecule has 0 saturated heterocycles. The van der Waals surface area contributed by atoms with E-state index in [0.29, 0.717) is 11.5 Å². The van der Waals surface area contributed by atoms with Crippen molar-refractivity contribution in [1.82, 2.24) is 35.2 Å². The van der Waals surface area contributed by atoms with Gasteiger partial charge in [-0.25, -0.2) is 4.98 Å². The van der Waals surface area contributed by atoms with E-state index < -0.39 is 5.91 Å². The second-order valence-corrected chi connectivity index (χ2v) is 4.60. The number of hydrogen-bond acceptors (Lipinski definition) is 6. The molecule has 0 fully saturated rings. The Morgan fingerprint density at radius 1 is 1.13 bits per heavy atom. The minimum atomic E-state index is -0.457. The highest BCUT2D eigenvalue weighted by atomic mass is 16.2. The number of hydrogen-bond donors (Lipinski definition) is 2. The molecule has 9 heteroatoms. The lowest BCUT2D eigenvalue weighted by molar-refractivity contribution is -0.120. The van der Waals surface area contributed by atoms with Gasteiger partial charge in [-0.15, -0.1) is 10.2 Å². The van der Waals surface area contributed by atoms with Gasteiger partial charge in [0.2, 0.25) is 5.91 Å². The van der Waals surface area contributed by atoms with Gasteiger partial charge in [-0.05, 0) is 12.1 Å². The summed E-state index contributed by atoms with van der Waals surface area (Å²) in [5.74, 6) is -0.190. The van der Waals surface area contributed by atoms with E-state index >= 15 is 0 Å². The molecule has 0 radical (unpaired) electrons. The third-order valence-corrected chi connectivity index (χ3v) is 3.03. The lowest BCUT2D eigenvalue weighted by Crippen LogP contribution is -2.37. The van der Waals surface area contributed by atoms with Gasteiger partial charge in [0, 0.05) is 18.6 Å². The molecule has 9 nitrogen and oxygen atoms in total. The molecule has 0 bridgehead atoms. The normalized spacial score (nSPS) is 10.4. The van der Waals surface area contributed by atoms with Crippen molar-refractivity contribution >= 4 is 17.5 Å². The zero-order chi connectivity index (χ0) is 16.1. The third kappa shape index (κ3) is 3.46. The van der Waals surface area contributed by atoms with Gasteiger partial charge in [0.25, 0.3) is 5.91 Å². The molecule has 0 aliphatic heterocycles. The molecule has 116 valence electrons. The molecule has 2 N–H and O–H groups in total. The smallest absolute Gasteiger partial charge is 0.271 e. The Labute approximate surface area is 130 Å². The number of carbonyl (C=O) groups is 2. The monoisotopic (exact) mass is 311 g/mol. The molecule has 3 aromatic rings. The Morgan fingerprint density at radius 2 is 2.04 bits per heavy atom. The number of fused-ring (bicyclic) bond motifs is 1. The average Bonchev–Trinajstić information content (AvgIpc) is 3.02. The summed E-state index contributed by atoms with van der Waals surface area (Å²) < 4.78 is 1.78. The zero-order valence-corrected chi connectivity index (χ0v) is 12.0. The van der Waals surface area contributed by atoms with Crippen LogP contribution in [0.3, 0.4) is 0 Å². The van der Waals surface area contributed by atoms with E-state index in [4.69, 9.17) is 0 Å². The molecule has 2 amide bonds. The fourth-order valence-corrected chi connectivity index (χ4v) is 1.92. The molecule has 0 spiro atoms. The summed E-state index contributed by atoms with van der Waals surface area (Å²) in [5, 5.41) is 13.1. The summed E-state index contributed by atoms with van der Waals surface area (Å²) in [6.07, 6.45) is 6.01. The summed E-state index contributed by atoms with van der Waals surface area (Å²) in [7, 11) is 0. The molecule has 0 aliphatic carbocycles. The SMILES string of the molecule is O=C(CNC(=O)c1cnccn1)NCc1nnc2ccccn12. The quantitative estimate of drug-likeness (QED) is 0.660. The Bertz CT molecular complexity index is 831. The van der Waals surface area contributed by atoms with Crippen LogP contribution in [0.1, 0.15) is 16.3 Å². The first-order chi connectivity index (χ1) is 11.2. The maximum atomic E-state index is 11.8. The third-order valence-electron chi connectivity index (χ3n) is 3.03. The highest BCUT2D eigenvalue weighted by molar-refractivity contribution is 5.94. The van der Waals surface area contributed by atoms with Gasteiger partial charge in [0.1, 0.15) is 5.69 Å². The molecule has 0 aromatic carbocycles. The molecule has 23 heavy (non-hydrogen) atoms. The summed E-state index contributed by atoms with van der Waals surface area (Å²) in [5.41, 5.74) is 0.858. The molecule has 0 unspecified atom stereocenters. The van der Waals surface area contributed by atoms with Crippen molar-refractivity contribution in [3.63, 3.8) is 0 Å². The fourth-order valence-electron chi connectivity index (χ4n) is 1.92. The largest absolute Gasteiger partial charge is 0.347 e. The number of rotatable bonds is 5. The second kappa shape index (κ2) is 6.60. The van der Waals surface area contributed by atoms with Gasteiger partial charge in [0.05, 0.1) is 19.3 Å². The van der Waals surface area contributed by atoms with Crippen LogP contribution in [0.25, 0.3) is 5.65 Å². The zero-order valence-electron chi connectivity index (χ0n) is 12.0. The van der Waals surface area contributed by atoms with E-state index in [1.165, 1.54) is 18.6 Å². The van der Waals surface area contributed by atoms with Crippen LogP contribution in [0, 0.1) is 0 Å². The van der Waals surface area contributed by atoms with Crippen LogP contribution in [0.4, 0.5) is 0 Å². The van der Waals surface area contributed by atoms with Crippen LogP contribution >= 0.6 is 0 Å². The van der Waals surface area contributed by atoms with Crippen molar-refractivity contribution in [2.24, 2.45) is 0 Å². The number of pyridine rings is 1. The standard InChI is InChI=1S/C14H13N7O2/c22-13(9-18-14(23)10-7-15-4-5-16-10)17-8-12-20-19-11-3-1-2-6-21(11)12/h1-7H,8-9H2,(H,17,22)(H,18,23). The van der Waals surface area contributed by atoms with E-state index in [2.05, 4.69) is 30.8 Å². The Kier molecular flexibility index (Phi) is 4.18. The lowest BCUT2D eigenvalue weighted by Gasteiger charge is -2.05. The predicted octanol–water partition coefficient (Wildman–Crippen LogP) is -0.434. The van der Waals surface area contributed by atoms with Gasteiger partial charge in [-0.1, -0.05) is 6.07 Å². The summed E-state index contributed by atoms with van der Waals surface area (Å²) in [6, 6.07) is 5.52. The number of carbonyl (C=O) groups excluding carboxylic acids is 2. The summed E-state index contributed by atoms with van der Waals surface area (Å²) in [4.78, 5) is 31.2. The minimum absolute atomic E-state index is 0.156. The lowest BCUT2D eigenvalue weighted by atomic mass is 10.4. The van der Waals surface area contributed by atoms with Crippen LogP contribution in [0.5, 0.6) is 0 Å². The predicted molar refractivity (Wildman–Crippen MR) is 79.2 cm³/mol. The Hall–Kier alpha value is -3.36. The van der Waals surface area contributed by atoms with Crippen molar-refractivity contribution in [1.29, 1.82) is 0 Å². The molecular weight excluding hydrogens is 298 g/mol. The van der Waals surface area contributed by atoms with Crippen molar-refractivity contribution in [2.75, 3.05) is 6.54 Å². The maximum absolute atomic E-state index is 11.8. The molecular formula is C14H13N7O2. The first-order valence-electron chi connectivity index (χ1n) is 6.83. The molecule has 0 atom stereocenters. The number of amides is 2. The van der Waals surface area contributed by atoms with Crippen LogP contribution < -0.4 is 10.6 Å². The van der Waals surface area contributed by atoms with Gasteiger partial charge >= 0.3 is 0 Å². The van der Waals surface area contributed by atoms with Gasteiger partial charge in [-0.2, -0.15) is 0 Å². The molecule has 3 rings (SSSR count). The molecule has 0 saturated carbocycles. The topological polar surface area (TPSA) is 114 Å². The molecule has 3 aromatic heterocycles. The Morgan fingerprint density at radius 3 is 2.87 bits per heavy atom. The van der Waals surface area contributed by atoms with E-state index in [1.807, 2.05) is 24.4 Å². The number of nitrogens with one attached hydrogen (secondary N) is 2. The minimum Gasteiger partial charge on any atom is -0.347 e. The van der Waals surface area contributed by atoms with E-state index in [1.54, 1.807) is 4.40 Å². The second-order valence-electron chi connectivity index (χ2n) is 4.60. The van der Waals surface area contributed by atoms with Crippen molar-refractivity contribution in [3.8, 4) is 0 Å². The van der Waals surface area contributed by atoms with Gasteiger partial charge in [0.15, 0.2) is 11.5 Å². The van der Waals surface area contributed by atoms with Crippen LogP contribution in [0.2, 0.25) is 0 Å². The van der Waals surface area contributed by atoms with Crippen molar-refractivity contribution in [2.45, 2.75) is 6.54 Å². The molecule has 0 aliphatic rings. The number of nitrogens with zero attached hydrogens (tertiary/aromatic N) is 5. The summed E-state index contributed by atoms with van der Waals surface area (Å²) in [6.45, 7) is 0.0527. The van der Waals surface area contributed by atoms with Gasteiger partial charge in [-0.3, -0.25) is 19.0 Å².